The molecule has 0 saturated carbocycles. The van der Waals surface area contributed by atoms with Crippen LogP contribution >= 0.6 is 0 Å². The summed E-state index contributed by atoms with van der Waals surface area (Å²) in [5, 5.41) is 13.1. The maximum absolute atomic E-state index is 9.83. The van der Waals surface area contributed by atoms with Gasteiger partial charge in [0.2, 0.25) is 0 Å². The zero-order valence-corrected chi connectivity index (χ0v) is 10.9. The van der Waals surface area contributed by atoms with Crippen molar-refractivity contribution in [3.8, 4) is 0 Å². The molecule has 1 aromatic heterocycles. The Morgan fingerprint density at radius 2 is 2.00 bits per heavy atom. The summed E-state index contributed by atoms with van der Waals surface area (Å²) in [6, 6.07) is 4.40. The standard InChI is InChI=1S/C13H23N3O/c1-11(2)15-8-13(17)10-16(3)9-12-4-6-14-7-5-12/h4-7,11,13,15,17H,8-10H2,1-3H3. The van der Waals surface area contributed by atoms with Gasteiger partial charge in [-0.05, 0) is 24.7 Å². The Labute approximate surface area is 104 Å². The van der Waals surface area contributed by atoms with Gasteiger partial charge in [-0.3, -0.25) is 9.88 Å². The van der Waals surface area contributed by atoms with E-state index >= 15 is 0 Å². The molecule has 4 nitrogen and oxygen atoms in total. The Bertz CT molecular complexity index is 303. The first-order chi connectivity index (χ1) is 8.08. The molecule has 0 aliphatic rings. The largest absolute Gasteiger partial charge is 0.390 e. The molecule has 1 unspecified atom stereocenters. The van der Waals surface area contributed by atoms with E-state index in [4.69, 9.17) is 0 Å². The summed E-state index contributed by atoms with van der Waals surface area (Å²) in [7, 11) is 2.01. The summed E-state index contributed by atoms with van der Waals surface area (Å²) in [4.78, 5) is 6.10. The fourth-order valence-corrected chi connectivity index (χ4v) is 1.66. The van der Waals surface area contributed by atoms with Gasteiger partial charge < -0.3 is 10.4 Å². The van der Waals surface area contributed by atoms with Crippen molar-refractivity contribution in [2.24, 2.45) is 0 Å². The fourth-order valence-electron chi connectivity index (χ4n) is 1.66. The van der Waals surface area contributed by atoms with Crippen LogP contribution in [0, 0.1) is 0 Å². The number of hydrogen-bond acceptors (Lipinski definition) is 4. The highest BCUT2D eigenvalue weighted by molar-refractivity contribution is 5.09. The lowest BCUT2D eigenvalue weighted by atomic mass is 10.2. The molecule has 0 aliphatic heterocycles. The van der Waals surface area contributed by atoms with Gasteiger partial charge in [-0.25, -0.2) is 0 Å². The maximum atomic E-state index is 9.83. The smallest absolute Gasteiger partial charge is 0.0791 e. The Hall–Kier alpha value is -0.970. The van der Waals surface area contributed by atoms with Crippen LogP contribution in [0.25, 0.3) is 0 Å². The third kappa shape index (κ3) is 6.36. The fraction of sp³-hybridized carbons (Fsp3) is 0.615. The van der Waals surface area contributed by atoms with Crippen molar-refractivity contribution in [1.82, 2.24) is 15.2 Å². The first-order valence-electron chi connectivity index (χ1n) is 6.07. The number of hydrogen-bond donors (Lipinski definition) is 2. The molecular formula is C13H23N3O. The second-order valence-corrected chi connectivity index (χ2v) is 4.77. The molecule has 1 rings (SSSR count). The summed E-state index contributed by atoms with van der Waals surface area (Å²) in [5.41, 5.74) is 1.21. The Kier molecular flexibility index (Phi) is 6.11. The third-order valence-electron chi connectivity index (χ3n) is 2.49. The number of pyridine rings is 1. The van der Waals surface area contributed by atoms with Crippen LogP contribution < -0.4 is 5.32 Å². The minimum Gasteiger partial charge on any atom is -0.390 e. The van der Waals surface area contributed by atoms with E-state index in [9.17, 15) is 5.11 Å². The second-order valence-electron chi connectivity index (χ2n) is 4.77. The van der Waals surface area contributed by atoms with Crippen molar-refractivity contribution >= 4 is 0 Å². The van der Waals surface area contributed by atoms with Crippen LogP contribution in [0.15, 0.2) is 24.5 Å². The molecule has 0 amide bonds. The van der Waals surface area contributed by atoms with Crippen LogP contribution in [0.5, 0.6) is 0 Å². The van der Waals surface area contributed by atoms with E-state index in [0.717, 1.165) is 6.54 Å². The average molecular weight is 237 g/mol. The molecule has 0 spiro atoms. The Morgan fingerprint density at radius 1 is 1.35 bits per heavy atom. The summed E-state index contributed by atoms with van der Waals surface area (Å²) < 4.78 is 0. The molecule has 17 heavy (non-hydrogen) atoms. The molecule has 2 N–H and O–H groups in total. The molecule has 0 aliphatic carbocycles. The third-order valence-corrected chi connectivity index (χ3v) is 2.49. The van der Waals surface area contributed by atoms with Crippen LogP contribution in [0.1, 0.15) is 19.4 Å². The molecule has 0 fully saturated rings. The van der Waals surface area contributed by atoms with Crippen molar-refractivity contribution in [1.29, 1.82) is 0 Å². The topological polar surface area (TPSA) is 48.4 Å². The van der Waals surface area contributed by atoms with Crippen molar-refractivity contribution in [2.75, 3.05) is 20.1 Å². The Morgan fingerprint density at radius 3 is 2.59 bits per heavy atom. The zero-order chi connectivity index (χ0) is 12.7. The quantitative estimate of drug-likeness (QED) is 0.739. The summed E-state index contributed by atoms with van der Waals surface area (Å²) >= 11 is 0. The minimum absolute atomic E-state index is 0.329. The molecule has 0 radical (unpaired) electrons. The van der Waals surface area contributed by atoms with Crippen molar-refractivity contribution < 1.29 is 5.11 Å². The van der Waals surface area contributed by atoms with Gasteiger partial charge in [0, 0.05) is 38.1 Å². The number of nitrogens with zero attached hydrogens (tertiary/aromatic N) is 2. The van der Waals surface area contributed by atoms with E-state index in [2.05, 4.69) is 29.0 Å². The lowest BCUT2D eigenvalue weighted by Gasteiger charge is -2.21. The lowest BCUT2D eigenvalue weighted by Crippen LogP contribution is -2.38. The highest BCUT2D eigenvalue weighted by atomic mass is 16.3. The van der Waals surface area contributed by atoms with Gasteiger partial charge in [0.25, 0.3) is 0 Å². The van der Waals surface area contributed by atoms with Gasteiger partial charge in [-0.1, -0.05) is 13.8 Å². The summed E-state index contributed by atoms with van der Waals surface area (Å²) in [6.07, 6.45) is 3.25. The van der Waals surface area contributed by atoms with E-state index < -0.39 is 0 Å². The predicted octanol–water partition coefficient (Wildman–Crippen LogP) is 0.872. The molecule has 1 heterocycles. The van der Waals surface area contributed by atoms with Gasteiger partial charge in [0.1, 0.15) is 0 Å². The number of likely N-dealkylation sites (N-methyl/N-ethyl adjacent to an activating group) is 1. The number of aromatic nitrogens is 1. The van der Waals surface area contributed by atoms with E-state index in [1.54, 1.807) is 12.4 Å². The van der Waals surface area contributed by atoms with Crippen molar-refractivity contribution in [2.45, 2.75) is 32.5 Å². The van der Waals surface area contributed by atoms with Crippen LogP contribution in [0.3, 0.4) is 0 Å². The van der Waals surface area contributed by atoms with E-state index in [1.165, 1.54) is 5.56 Å². The van der Waals surface area contributed by atoms with Crippen LogP contribution in [-0.4, -0.2) is 47.3 Å². The number of rotatable bonds is 7. The minimum atomic E-state index is -0.329. The first-order valence-corrected chi connectivity index (χ1v) is 6.07. The predicted molar refractivity (Wildman–Crippen MR) is 69.7 cm³/mol. The maximum Gasteiger partial charge on any atom is 0.0791 e. The molecule has 0 aromatic carbocycles. The van der Waals surface area contributed by atoms with E-state index in [1.807, 2.05) is 19.2 Å². The van der Waals surface area contributed by atoms with Gasteiger partial charge >= 0.3 is 0 Å². The molecule has 0 saturated heterocycles. The molecule has 1 aromatic rings. The highest BCUT2D eigenvalue weighted by Gasteiger charge is 2.08. The molecule has 96 valence electrons. The van der Waals surface area contributed by atoms with Gasteiger partial charge in [-0.2, -0.15) is 0 Å². The van der Waals surface area contributed by atoms with Crippen LogP contribution in [-0.2, 0) is 6.54 Å². The van der Waals surface area contributed by atoms with Gasteiger partial charge in [0.05, 0.1) is 6.10 Å². The average Bonchev–Trinajstić information content (AvgIpc) is 2.27. The van der Waals surface area contributed by atoms with Gasteiger partial charge in [-0.15, -0.1) is 0 Å². The molecular weight excluding hydrogens is 214 g/mol. The first kappa shape index (κ1) is 14.1. The number of aliphatic hydroxyl groups excluding tert-OH is 1. The monoisotopic (exact) mass is 237 g/mol. The number of aliphatic hydroxyl groups is 1. The normalized spacial score (nSPS) is 13.3. The van der Waals surface area contributed by atoms with Crippen LogP contribution in [0.4, 0.5) is 0 Å². The van der Waals surface area contributed by atoms with Gasteiger partial charge in [0.15, 0.2) is 0 Å². The molecule has 0 bridgehead atoms. The van der Waals surface area contributed by atoms with Crippen molar-refractivity contribution in [3.63, 3.8) is 0 Å². The zero-order valence-electron chi connectivity index (χ0n) is 10.9. The highest BCUT2D eigenvalue weighted by Crippen LogP contribution is 2.01. The summed E-state index contributed by atoms with van der Waals surface area (Å²) in [5.74, 6) is 0. The summed E-state index contributed by atoms with van der Waals surface area (Å²) in [6.45, 7) is 6.29. The SMILES string of the molecule is CC(C)NCC(O)CN(C)Cc1ccncc1. The van der Waals surface area contributed by atoms with E-state index in [-0.39, 0.29) is 6.10 Å². The van der Waals surface area contributed by atoms with Crippen molar-refractivity contribution in [3.05, 3.63) is 30.1 Å². The van der Waals surface area contributed by atoms with E-state index in [0.29, 0.717) is 19.1 Å². The van der Waals surface area contributed by atoms with Crippen LogP contribution in [0.2, 0.25) is 0 Å². The second kappa shape index (κ2) is 7.37. The lowest BCUT2D eigenvalue weighted by molar-refractivity contribution is 0.119. The Balaban J connectivity index is 2.27. The number of nitrogens with one attached hydrogen (secondary N) is 1. The molecule has 1 atom stereocenters. The molecule has 4 heteroatoms.